The third kappa shape index (κ3) is 4.42. The molecule has 0 unspecified atom stereocenters. The number of carbonyl (C=O) groups is 2. The van der Waals surface area contributed by atoms with Gasteiger partial charge in [-0.25, -0.2) is 9.18 Å². The summed E-state index contributed by atoms with van der Waals surface area (Å²) < 4.78 is 18.0. The Morgan fingerprint density at radius 1 is 1.20 bits per heavy atom. The fourth-order valence-corrected chi connectivity index (χ4v) is 2.08. The standard InChI is InChI=1S/C15H11ClFN3O5/c1-25-15(22)19-12-7-9(3-4-11(12)17)18-14(21)10-6-8(16)2-5-13(10)20(23)24/h2-7H,1H3,(H,18,21)(H,19,22). The lowest BCUT2D eigenvalue weighted by Gasteiger charge is -2.10. The van der Waals surface area contributed by atoms with Gasteiger partial charge >= 0.3 is 6.09 Å². The first kappa shape index (κ1) is 18.1. The maximum atomic E-state index is 13.7. The molecule has 10 heteroatoms. The number of methoxy groups -OCH3 is 1. The van der Waals surface area contributed by atoms with E-state index in [-0.39, 0.29) is 22.0 Å². The molecule has 0 radical (unpaired) electrons. The number of nitrogens with zero attached hydrogens (tertiary/aromatic N) is 1. The van der Waals surface area contributed by atoms with Gasteiger partial charge in [0.05, 0.1) is 17.7 Å². The van der Waals surface area contributed by atoms with Crippen molar-refractivity contribution in [1.29, 1.82) is 0 Å². The van der Waals surface area contributed by atoms with Crippen molar-refractivity contribution in [3.63, 3.8) is 0 Å². The molecule has 8 nitrogen and oxygen atoms in total. The largest absolute Gasteiger partial charge is 0.453 e. The van der Waals surface area contributed by atoms with Crippen LogP contribution < -0.4 is 10.6 Å². The lowest BCUT2D eigenvalue weighted by atomic mass is 10.1. The summed E-state index contributed by atoms with van der Waals surface area (Å²) in [4.78, 5) is 33.7. The lowest BCUT2D eigenvalue weighted by Crippen LogP contribution is -2.15. The van der Waals surface area contributed by atoms with Gasteiger partial charge in [-0.3, -0.25) is 20.2 Å². The summed E-state index contributed by atoms with van der Waals surface area (Å²) in [6.45, 7) is 0. The molecular formula is C15H11ClFN3O5. The number of nitrogens with one attached hydrogen (secondary N) is 2. The molecular weight excluding hydrogens is 357 g/mol. The van der Waals surface area contributed by atoms with Gasteiger partial charge in [0.1, 0.15) is 11.4 Å². The monoisotopic (exact) mass is 367 g/mol. The molecule has 2 N–H and O–H groups in total. The normalized spacial score (nSPS) is 10.0. The van der Waals surface area contributed by atoms with E-state index in [4.69, 9.17) is 11.6 Å². The quantitative estimate of drug-likeness (QED) is 0.630. The molecule has 2 aromatic carbocycles. The number of nitro benzene ring substituents is 1. The number of anilines is 2. The van der Waals surface area contributed by atoms with Crippen LogP contribution in [0.4, 0.5) is 26.2 Å². The molecule has 0 saturated heterocycles. The minimum atomic E-state index is -0.896. The van der Waals surface area contributed by atoms with Crippen LogP contribution in [0.3, 0.4) is 0 Å². The minimum absolute atomic E-state index is 0.104. The van der Waals surface area contributed by atoms with Gasteiger partial charge in [-0.15, -0.1) is 0 Å². The average Bonchev–Trinajstić information content (AvgIpc) is 2.57. The highest BCUT2D eigenvalue weighted by molar-refractivity contribution is 6.31. The number of hydrogen-bond donors (Lipinski definition) is 2. The molecule has 0 fully saturated rings. The summed E-state index contributed by atoms with van der Waals surface area (Å²) in [5.41, 5.74) is -0.821. The van der Waals surface area contributed by atoms with Gasteiger partial charge in [-0.1, -0.05) is 11.6 Å². The van der Waals surface area contributed by atoms with Crippen LogP contribution in [0.2, 0.25) is 5.02 Å². The van der Waals surface area contributed by atoms with Crippen LogP contribution in [0.5, 0.6) is 0 Å². The zero-order valence-corrected chi connectivity index (χ0v) is 13.5. The van der Waals surface area contributed by atoms with Crippen LogP contribution in [-0.2, 0) is 4.74 Å². The van der Waals surface area contributed by atoms with Crippen molar-refractivity contribution < 1.29 is 23.6 Å². The predicted octanol–water partition coefficient (Wildman–Crippen LogP) is 3.82. The molecule has 0 aliphatic heterocycles. The van der Waals surface area contributed by atoms with Crippen molar-refractivity contribution >= 4 is 40.7 Å². The molecule has 2 aromatic rings. The highest BCUT2D eigenvalue weighted by Crippen LogP contribution is 2.25. The van der Waals surface area contributed by atoms with Gasteiger partial charge in [-0.05, 0) is 30.3 Å². The number of nitro groups is 1. The molecule has 25 heavy (non-hydrogen) atoms. The molecule has 0 spiro atoms. The van der Waals surface area contributed by atoms with Crippen molar-refractivity contribution in [3.8, 4) is 0 Å². The van der Waals surface area contributed by atoms with E-state index in [9.17, 15) is 24.1 Å². The summed E-state index contributed by atoms with van der Waals surface area (Å²) >= 11 is 5.77. The van der Waals surface area contributed by atoms with Crippen LogP contribution in [-0.4, -0.2) is 24.0 Å². The third-order valence-electron chi connectivity index (χ3n) is 3.05. The van der Waals surface area contributed by atoms with Crippen LogP contribution in [0, 0.1) is 15.9 Å². The Bertz CT molecular complexity index is 859. The topological polar surface area (TPSA) is 111 Å². The van der Waals surface area contributed by atoms with Gasteiger partial charge in [-0.2, -0.15) is 0 Å². The van der Waals surface area contributed by atoms with E-state index in [1.807, 2.05) is 0 Å². The molecule has 0 aliphatic carbocycles. The molecule has 2 rings (SSSR count). The Morgan fingerprint density at radius 3 is 2.56 bits per heavy atom. The van der Waals surface area contributed by atoms with Crippen molar-refractivity contribution in [1.82, 2.24) is 0 Å². The van der Waals surface area contributed by atoms with Gasteiger partial charge in [0.2, 0.25) is 0 Å². The lowest BCUT2D eigenvalue weighted by molar-refractivity contribution is -0.385. The fourth-order valence-electron chi connectivity index (χ4n) is 1.91. The summed E-state index contributed by atoms with van der Waals surface area (Å²) in [5.74, 6) is -1.57. The zero-order chi connectivity index (χ0) is 18.6. The minimum Gasteiger partial charge on any atom is -0.453 e. The van der Waals surface area contributed by atoms with Crippen LogP contribution in [0.15, 0.2) is 36.4 Å². The van der Waals surface area contributed by atoms with E-state index in [0.29, 0.717) is 0 Å². The number of amides is 2. The first-order valence-electron chi connectivity index (χ1n) is 6.71. The number of hydrogen-bond acceptors (Lipinski definition) is 5. The van der Waals surface area contributed by atoms with Gasteiger partial charge in [0.15, 0.2) is 0 Å². The summed E-state index contributed by atoms with van der Waals surface area (Å²) in [6, 6.07) is 6.91. The van der Waals surface area contributed by atoms with E-state index in [0.717, 1.165) is 31.4 Å². The van der Waals surface area contributed by atoms with Crippen molar-refractivity contribution in [2.45, 2.75) is 0 Å². The molecule has 130 valence electrons. The van der Waals surface area contributed by atoms with Gasteiger partial charge < -0.3 is 10.1 Å². The van der Waals surface area contributed by atoms with Gasteiger partial charge in [0.25, 0.3) is 11.6 Å². The summed E-state index contributed by atoms with van der Waals surface area (Å²) in [6.07, 6.45) is -0.896. The fraction of sp³-hybridized carbons (Fsp3) is 0.0667. The smallest absolute Gasteiger partial charge is 0.411 e. The summed E-state index contributed by atoms with van der Waals surface area (Å²) in [7, 11) is 1.11. The van der Waals surface area contributed by atoms with E-state index in [1.165, 1.54) is 12.1 Å². The highest BCUT2D eigenvalue weighted by Gasteiger charge is 2.21. The zero-order valence-electron chi connectivity index (χ0n) is 12.7. The van der Waals surface area contributed by atoms with Crippen LogP contribution in [0.25, 0.3) is 0 Å². The second kappa shape index (κ2) is 7.58. The molecule has 2 amide bonds. The molecule has 0 atom stereocenters. The second-order valence-corrected chi connectivity index (χ2v) is 5.12. The van der Waals surface area contributed by atoms with Gasteiger partial charge in [0, 0.05) is 16.8 Å². The SMILES string of the molecule is COC(=O)Nc1cc(NC(=O)c2cc(Cl)ccc2[N+](=O)[O-])ccc1F. The Balaban J connectivity index is 2.30. The Morgan fingerprint density at radius 2 is 1.92 bits per heavy atom. The first-order valence-corrected chi connectivity index (χ1v) is 7.09. The molecule has 0 saturated carbocycles. The van der Waals surface area contributed by atoms with E-state index >= 15 is 0 Å². The molecule has 0 aromatic heterocycles. The maximum absolute atomic E-state index is 13.7. The average molecular weight is 368 g/mol. The van der Waals surface area contributed by atoms with E-state index in [1.54, 1.807) is 0 Å². The number of halogens is 2. The second-order valence-electron chi connectivity index (χ2n) is 4.68. The predicted molar refractivity (Wildman–Crippen MR) is 88.5 cm³/mol. The van der Waals surface area contributed by atoms with Crippen molar-refractivity contribution in [3.05, 3.63) is 62.9 Å². The number of ether oxygens (including phenoxy) is 1. The van der Waals surface area contributed by atoms with Crippen LogP contribution >= 0.6 is 11.6 Å². The Kier molecular flexibility index (Phi) is 5.50. The molecule has 0 heterocycles. The van der Waals surface area contributed by atoms with E-state index < -0.39 is 28.4 Å². The van der Waals surface area contributed by atoms with E-state index in [2.05, 4.69) is 15.4 Å². The molecule has 0 aliphatic rings. The molecule has 0 bridgehead atoms. The number of rotatable bonds is 4. The maximum Gasteiger partial charge on any atom is 0.411 e. The third-order valence-corrected chi connectivity index (χ3v) is 3.28. The van der Waals surface area contributed by atoms with Crippen molar-refractivity contribution in [2.75, 3.05) is 17.7 Å². The Hall–Kier alpha value is -3.20. The van der Waals surface area contributed by atoms with Crippen molar-refractivity contribution in [2.24, 2.45) is 0 Å². The number of benzene rings is 2. The Labute approximate surface area is 145 Å². The highest BCUT2D eigenvalue weighted by atomic mass is 35.5. The number of carbonyl (C=O) groups excluding carboxylic acids is 2. The van der Waals surface area contributed by atoms with Crippen LogP contribution in [0.1, 0.15) is 10.4 Å². The summed E-state index contributed by atoms with van der Waals surface area (Å²) in [5, 5.41) is 15.7. The first-order chi connectivity index (χ1) is 11.8.